The number of carbonyl (C=O) groups excluding carboxylic acids is 1. The normalized spacial score (nSPS) is 17.8. The number of benzene rings is 2. The highest BCUT2D eigenvalue weighted by atomic mass is 32.2. The first-order valence-electron chi connectivity index (χ1n) is 8.44. The molecule has 1 atom stereocenters. The third-order valence-corrected chi connectivity index (χ3v) is 6.20. The molecule has 1 N–H and O–H groups in total. The van der Waals surface area contributed by atoms with Crippen molar-refractivity contribution in [3.05, 3.63) is 65.7 Å². The van der Waals surface area contributed by atoms with Gasteiger partial charge in [0, 0.05) is 24.8 Å². The van der Waals surface area contributed by atoms with Crippen LogP contribution in [0.15, 0.2) is 54.6 Å². The standard InChI is InChI=1S/C19H22N2O4S/c1-25-19(22)16-7-5-6-15(12-16)14-26(23,24)21-11-10-18(13-21)20-17-8-3-2-4-9-17/h2-9,12,18,20H,10-11,13-14H2,1H3. The van der Waals surface area contributed by atoms with Crippen LogP contribution in [0, 0.1) is 0 Å². The van der Waals surface area contributed by atoms with Crippen LogP contribution in [0.25, 0.3) is 0 Å². The number of nitrogens with one attached hydrogen (secondary N) is 1. The lowest BCUT2D eigenvalue weighted by atomic mass is 10.1. The predicted octanol–water partition coefficient (Wildman–Crippen LogP) is 2.49. The Morgan fingerprint density at radius 3 is 2.69 bits per heavy atom. The first kappa shape index (κ1) is 18.4. The zero-order valence-corrected chi connectivity index (χ0v) is 15.4. The quantitative estimate of drug-likeness (QED) is 0.786. The van der Waals surface area contributed by atoms with E-state index >= 15 is 0 Å². The van der Waals surface area contributed by atoms with Gasteiger partial charge in [-0.2, -0.15) is 4.31 Å². The average Bonchev–Trinajstić information content (AvgIpc) is 3.11. The number of hydrogen-bond donors (Lipinski definition) is 1. The Labute approximate surface area is 153 Å². The van der Waals surface area contributed by atoms with Crippen molar-refractivity contribution in [2.75, 3.05) is 25.5 Å². The first-order chi connectivity index (χ1) is 12.5. The van der Waals surface area contributed by atoms with Crippen LogP contribution in [0.2, 0.25) is 0 Å². The maximum absolute atomic E-state index is 12.7. The molecule has 0 amide bonds. The van der Waals surface area contributed by atoms with E-state index in [2.05, 4.69) is 10.1 Å². The van der Waals surface area contributed by atoms with Gasteiger partial charge in [-0.25, -0.2) is 13.2 Å². The van der Waals surface area contributed by atoms with Gasteiger partial charge in [0.15, 0.2) is 0 Å². The van der Waals surface area contributed by atoms with Crippen molar-refractivity contribution in [1.82, 2.24) is 4.31 Å². The van der Waals surface area contributed by atoms with Crippen LogP contribution in [0.4, 0.5) is 5.69 Å². The Morgan fingerprint density at radius 1 is 1.19 bits per heavy atom. The molecule has 1 unspecified atom stereocenters. The molecule has 1 heterocycles. The summed E-state index contributed by atoms with van der Waals surface area (Å²) in [7, 11) is -2.14. The number of nitrogens with zero attached hydrogens (tertiary/aromatic N) is 1. The summed E-state index contributed by atoms with van der Waals surface area (Å²) in [5.41, 5.74) is 1.92. The van der Waals surface area contributed by atoms with E-state index in [0.29, 0.717) is 24.2 Å². The second-order valence-corrected chi connectivity index (χ2v) is 8.27. The number of sulfonamides is 1. The fourth-order valence-corrected chi connectivity index (χ4v) is 4.65. The number of ether oxygens (including phenoxy) is 1. The third kappa shape index (κ3) is 4.42. The smallest absolute Gasteiger partial charge is 0.337 e. The van der Waals surface area contributed by atoms with Crippen LogP contribution in [0.3, 0.4) is 0 Å². The van der Waals surface area contributed by atoms with Gasteiger partial charge in [-0.05, 0) is 36.2 Å². The van der Waals surface area contributed by atoms with Crippen LogP contribution in [-0.2, 0) is 20.5 Å². The maximum atomic E-state index is 12.7. The van der Waals surface area contributed by atoms with E-state index in [0.717, 1.165) is 12.1 Å². The first-order valence-corrected chi connectivity index (χ1v) is 10.1. The summed E-state index contributed by atoms with van der Waals surface area (Å²) in [5, 5.41) is 3.37. The summed E-state index contributed by atoms with van der Waals surface area (Å²) in [6, 6.07) is 16.4. The monoisotopic (exact) mass is 374 g/mol. The van der Waals surface area contributed by atoms with E-state index < -0.39 is 16.0 Å². The number of hydrogen-bond acceptors (Lipinski definition) is 5. The molecule has 1 aliphatic heterocycles. The van der Waals surface area contributed by atoms with Crippen molar-refractivity contribution in [2.24, 2.45) is 0 Å². The minimum absolute atomic E-state index is 0.0913. The molecule has 7 heteroatoms. The van der Waals surface area contributed by atoms with E-state index in [9.17, 15) is 13.2 Å². The van der Waals surface area contributed by atoms with Gasteiger partial charge < -0.3 is 10.1 Å². The molecule has 1 saturated heterocycles. The van der Waals surface area contributed by atoms with E-state index in [-0.39, 0.29) is 11.8 Å². The Morgan fingerprint density at radius 2 is 1.96 bits per heavy atom. The summed E-state index contributed by atoms with van der Waals surface area (Å²) in [4.78, 5) is 11.6. The van der Waals surface area contributed by atoms with Crippen molar-refractivity contribution in [3.63, 3.8) is 0 Å². The molecule has 0 radical (unpaired) electrons. The Kier molecular flexibility index (Phi) is 5.58. The predicted molar refractivity (Wildman–Crippen MR) is 100 cm³/mol. The van der Waals surface area contributed by atoms with E-state index in [1.165, 1.54) is 11.4 Å². The van der Waals surface area contributed by atoms with E-state index in [1.807, 2.05) is 30.3 Å². The fraction of sp³-hybridized carbons (Fsp3) is 0.316. The number of para-hydroxylation sites is 1. The molecule has 2 aromatic rings. The number of rotatable bonds is 6. The van der Waals surface area contributed by atoms with Crippen molar-refractivity contribution < 1.29 is 17.9 Å². The molecule has 0 saturated carbocycles. The molecule has 0 aromatic heterocycles. The van der Waals surface area contributed by atoms with E-state index in [4.69, 9.17) is 0 Å². The lowest BCUT2D eigenvalue weighted by Crippen LogP contribution is -2.32. The van der Waals surface area contributed by atoms with Crippen LogP contribution < -0.4 is 5.32 Å². The van der Waals surface area contributed by atoms with Crippen molar-refractivity contribution in [3.8, 4) is 0 Å². The number of carbonyl (C=O) groups is 1. The summed E-state index contributed by atoms with van der Waals surface area (Å²) in [6.07, 6.45) is 0.760. The van der Waals surface area contributed by atoms with Crippen LogP contribution in [0.1, 0.15) is 22.3 Å². The zero-order chi connectivity index (χ0) is 18.6. The number of esters is 1. The molecule has 6 nitrogen and oxygen atoms in total. The molecule has 138 valence electrons. The average molecular weight is 374 g/mol. The Balaban J connectivity index is 1.65. The lowest BCUT2D eigenvalue weighted by molar-refractivity contribution is 0.0600. The third-order valence-electron chi connectivity index (χ3n) is 4.39. The SMILES string of the molecule is COC(=O)c1cccc(CS(=O)(=O)N2CCC(Nc3ccccc3)C2)c1. The van der Waals surface area contributed by atoms with Crippen molar-refractivity contribution >= 4 is 21.7 Å². The Bertz CT molecular complexity index is 868. The molecule has 2 aromatic carbocycles. The second kappa shape index (κ2) is 7.88. The summed E-state index contributed by atoms with van der Waals surface area (Å²) in [5.74, 6) is -0.604. The number of methoxy groups -OCH3 is 1. The minimum Gasteiger partial charge on any atom is -0.465 e. The molecular formula is C19H22N2O4S. The van der Waals surface area contributed by atoms with E-state index in [1.54, 1.807) is 24.3 Å². The van der Waals surface area contributed by atoms with Gasteiger partial charge in [-0.3, -0.25) is 0 Å². The fourth-order valence-electron chi connectivity index (χ4n) is 3.08. The van der Waals surface area contributed by atoms with Crippen LogP contribution in [-0.4, -0.2) is 44.9 Å². The Hall–Kier alpha value is -2.38. The highest BCUT2D eigenvalue weighted by Crippen LogP contribution is 2.21. The molecule has 1 fully saturated rings. The van der Waals surface area contributed by atoms with Crippen molar-refractivity contribution in [1.29, 1.82) is 0 Å². The summed E-state index contributed by atoms with van der Waals surface area (Å²) in [6.45, 7) is 0.928. The van der Waals surface area contributed by atoms with Gasteiger partial charge in [0.1, 0.15) is 0 Å². The topological polar surface area (TPSA) is 75.7 Å². The second-order valence-electron chi connectivity index (χ2n) is 6.30. The highest BCUT2D eigenvalue weighted by Gasteiger charge is 2.31. The molecule has 0 aliphatic carbocycles. The van der Waals surface area contributed by atoms with Gasteiger partial charge in [0.25, 0.3) is 0 Å². The van der Waals surface area contributed by atoms with Gasteiger partial charge in [-0.15, -0.1) is 0 Å². The molecule has 0 spiro atoms. The molecular weight excluding hydrogens is 352 g/mol. The number of anilines is 1. The minimum atomic E-state index is -3.45. The molecule has 26 heavy (non-hydrogen) atoms. The van der Waals surface area contributed by atoms with Gasteiger partial charge in [-0.1, -0.05) is 30.3 Å². The summed E-state index contributed by atoms with van der Waals surface area (Å²) < 4.78 is 31.7. The lowest BCUT2D eigenvalue weighted by Gasteiger charge is -2.18. The van der Waals surface area contributed by atoms with Gasteiger partial charge in [0.2, 0.25) is 10.0 Å². The zero-order valence-electron chi connectivity index (χ0n) is 14.6. The highest BCUT2D eigenvalue weighted by molar-refractivity contribution is 7.88. The van der Waals surface area contributed by atoms with Crippen LogP contribution in [0.5, 0.6) is 0 Å². The molecule has 3 rings (SSSR count). The molecule has 0 bridgehead atoms. The molecule has 1 aliphatic rings. The van der Waals surface area contributed by atoms with Crippen LogP contribution >= 0.6 is 0 Å². The largest absolute Gasteiger partial charge is 0.465 e. The van der Waals surface area contributed by atoms with Gasteiger partial charge >= 0.3 is 5.97 Å². The maximum Gasteiger partial charge on any atom is 0.337 e. The van der Waals surface area contributed by atoms with Crippen molar-refractivity contribution in [2.45, 2.75) is 18.2 Å². The summed E-state index contributed by atoms with van der Waals surface area (Å²) >= 11 is 0. The van der Waals surface area contributed by atoms with Gasteiger partial charge in [0.05, 0.1) is 18.4 Å².